The molecule has 1 N–H and O–H groups in total. The first-order valence-corrected chi connectivity index (χ1v) is 7.32. The van der Waals surface area contributed by atoms with Gasteiger partial charge in [0.15, 0.2) is 4.77 Å². The smallest absolute Gasteiger partial charge is 0.182 e. The van der Waals surface area contributed by atoms with Gasteiger partial charge >= 0.3 is 0 Å². The summed E-state index contributed by atoms with van der Waals surface area (Å²) in [4.78, 5) is 3.15. The third kappa shape index (κ3) is 2.46. The van der Waals surface area contributed by atoms with Crippen molar-refractivity contribution in [2.45, 2.75) is 0 Å². The Balaban J connectivity index is 2.34. The number of nitriles is 1. The second-order valence-electron chi connectivity index (χ2n) is 4.46. The molecule has 0 fully saturated rings. The Morgan fingerprint density at radius 2 is 2.10 bits per heavy atom. The molecule has 3 aromatic rings. The van der Waals surface area contributed by atoms with Gasteiger partial charge in [0.2, 0.25) is 0 Å². The van der Waals surface area contributed by atoms with E-state index in [0.717, 1.165) is 26.9 Å². The van der Waals surface area contributed by atoms with Crippen LogP contribution in [0.4, 0.5) is 0 Å². The van der Waals surface area contributed by atoms with Crippen LogP contribution in [0.5, 0.6) is 5.75 Å². The van der Waals surface area contributed by atoms with Gasteiger partial charge in [-0.25, -0.2) is 0 Å². The van der Waals surface area contributed by atoms with E-state index in [1.165, 1.54) is 0 Å². The molecule has 2 aromatic carbocycles. The summed E-state index contributed by atoms with van der Waals surface area (Å²) < 4.78 is 8.64. The molecule has 0 bridgehead atoms. The first-order chi connectivity index (χ1) is 10.1. The zero-order valence-electron chi connectivity index (χ0n) is 11.1. The number of hydrogen-bond donors (Lipinski definition) is 1. The molecular weight excluding hydrogens is 350 g/mol. The lowest BCUT2D eigenvalue weighted by molar-refractivity contribution is 0.414. The highest BCUT2D eigenvalue weighted by molar-refractivity contribution is 9.10. The third-order valence-electron chi connectivity index (χ3n) is 3.16. The molecule has 0 spiro atoms. The zero-order chi connectivity index (χ0) is 15.0. The van der Waals surface area contributed by atoms with Crippen molar-refractivity contribution in [3.63, 3.8) is 0 Å². The number of benzene rings is 2. The monoisotopic (exact) mass is 359 g/mol. The standard InChI is InChI=1S/C15H10BrN3OS/c1-20-12-6-10(16)5-11(7-12)19-14-4-9(8-17)2-3-13(14)18-15(19)21/h2-7H,1H3,(H,18,21). The fourth-order valence-electron chi connectivity index (χ4n) is 2.22. The van der Waals surface area contributed by atoms with Crippen LogP contribution in [0, 0.1) is 16.1 Å². The maximum Gasteiger partial charge on any atom is 0.182 e. The van der Waals surface area contributed by atoms with Crippen molar-refractivity contribution in [1.82, 2.24) is 9.55 Å². The van der Waals surface area contributed by atoms with Crippen molar-refractivity contribution >= 4 is 39.2 Å². The molecule has 0 radical (unpaired) electrons. The van der Waals surface area contributed by atoms with Crippen LogP contribution in [0.3, 0.4) is 0 Å². The molecule has 0 aliphatic rings. The van der Waals surface area contributed by atoms with E-state index in [-0.39, 0.29) is 0 Å². The van der Waals surface area contributed by atoms with Gasteiger partial charge in [-0.15, -0.1) is 0 Å². The van der Waals surface area contributed by atoms with Gasteiger partial charge in [-0.2, -0.15) is 5.26 Å². The summed E-state index contributed by atoms with van der Waals surface area (Å²) in [5.41, 5.74) is 3.21. The number of hydrogen-bond acceptors (Lipinski definition) is 3. The average Bonchev–Trinajstić information content (AvgIpc) is 2.81. The summed E-state index contributed by atoms with van der Waals surface area (Å²) in [6.45, 7) is 0. The van der Waals surface area contributed by atoms with Crippen LogP contribution in [-0.4, -0.2) is 16.7 Å². The second kappa shape index (κ2) is 5.35. The van der Waals surface area contributed by atoms with Crippen LogP contribution in [0.25, 0.3) is 16.7 Å². The fourth-order valence-corrected chi connectivity index (χ4v) is 3.00. The number of halogens is 1. The number of ether oxygens (including phenoxy) is 1. The van der Waals surface area contributed by atoms with Crippen molar-refractivity contribution in [2.75, 3.05) is 7.11 Å². The molecule has 0 unspecified atom stereocenters. The summed E-state index contributed by atoms with van der Waals surface area (Å²) in [5.74, 6) is 0.729. The molecule has 0 atom stereocenters. The molecule has 104 valence electrons. The van der Waals surface area contributed by atoms with Crippen molar-refractivity contribution in [3.05, 3.63) is 51.2 Å². The van der Waals surface area contributed by atoms with Gasteiger partial charge in [-0.3, -0.25) is 4.57 Å². The Morgan fingerprint density at radius 1 is 1.29 bits per heavy atom. The number of fused-ring (bicyclic) bond motifs is 1. The molecule has 0 saturated heterocycles. The summed E-state index contributed by atoms with van der Waals surface area (Å²) in [7, 11) is 1.62. The van der Waals surface area contributed by atoms with Crippen LogP contribution < -0.4 is 4.74 Å². The molecule has 21 heavy (non-hydrogen) atoms. The first kappa shape index (κ1) is 13.9. The Bertz CT molecular complexity index is 936. The normalized spacial score (nSPS) is 10.5. The van der Waals surface area contributed by atoms with Crippen molar-refractivity contribution < 1.29 is 4.74 Å². The van der Waals surface area contributed by atoms with Crippen LogP contribution in [0.2, 0.25) is 0 Å². The number of nitrogens with zero attached hydrogens (tertiary/aromatic N) is 2. The molecule has 6 heteroatoms. The Labute approximate surface area is 134 Å². The van der Waals surface area contributed by atoms with Gasteiger partial charge in [0.25, 0.3) is 0 Å². The summed E-state index contributed by atoms with van der Waals surface area (Å²) in [6, 6.07) is 13.3. The Kier molecular flexibility index (Phi) is 3.53. The number of methoxy groups -OCH3 is 1. The average molecular weight is 360 g/mol. The van der Waals surface area contributed by atoms with E-state index in [9.17, 15) is 0 Å². The topological polar surface area (TPSA) is 53.7 Å². The molecule has 0 saturated carbocycles. The second-order valence-corrected chi connectivity index (χ2v) is 5.76. The lowest BCUT2D eigenvalue weighted by Gasteiger charge is -2.08. The first-order valence-electron chi connectivity index (χ1n) is 6.12. The lowest BCUT2D eigenvalue weighted by atomic mass is 10.2. The molecule has 4 nitrogen and oxygen atoms in total. The van der Waals surface area contributed by atoms with E-state index in [4.69, 9.17) is 22.2 Å². The van der Waals surface area contributed by atoms with Gasteiger partial charge < -0.3 is 9.72 Å². The predicted octanol–water partition coefficient (Wildman–Crippen LogP) is 4.33. The maximum atomic E-state index is 9.07. The van der Waals surface area contributed by atoms with Gasteiger partial charge in [0, 0.05) is 10.5 Å². The highest BCUT2D eigenvalue weighted by Gasteiger charge is 2.09. The van der Waals surface area contributed by atoms with Crippen molar-refractivity contribution in [3.8, 4) is 17.5 Å². The van der Waals surface area contributed by atoms with E-state index in [2.05, 4.69) is 27.0 Å². The van der Waals surface area contributed by atoms with E-state index in [1.54, 1.807) is 13.2 Å². The number of imidazole rings is 1. The summed E-state index contributed by atoms with van der Waals surface area (Å²) >= 11 is 8.87. The van der Waals surface area contributed by atoms with Crippen LogP contribution >= 0.6 is 28.1 Å². The fraction of sp³-hybridized carbons (Fsp3) is 0.0667. The number of nitrogens with one attached hydrogen (secondary N) is 1. The van der Waals surface area contributed by atoms with Crippen molar-refractivity contribution in [1.29, 1.82) is 5.26 Å². The van der Waals surface area contributed by atoms with E-state index in [1.807, 2.05) is 34.9 Å². The zero-order valence-corrected chi connectivity index (χ0v) is 13.5. The van der Waals surface area contributed by atoms with E-state index in [0.29, 0.717) is 10.3 Å². The molecule has 0 aliphatic carbocycles. The van der Waals surface area contributed by atoms with Gasteiger partial charge in [-0.05, 0) is 42.5 Å². The van der Waals surface area contributed by atoms with Crippen LogP contribution in [0.1, 0.15) is 5.56 Å². The van der Waals surface area contributed by atoms with Gasteiger partial charge in [0.05, 0.1) is 35.5 Å². The van der Waals surface area contributed by atoms with E-state index < -0.39 is 0 Å². The largest absolute Gasteiger partial charge is 0.497 e. The minimum absolute atomic E-state index is 0.570. The molecule has 3 rings (SSSR count). The lowest BCUT2D eigenvalue weighted by Crippen LogP contribution is -1.95. The number of H-pyrrole nitrogens is 1. The minimum atomic E-state index is 0.570. The molecule has 0 aliphatic heterocycles. The number of aromatic nitrogens is 2. The quantitative estimate of drug-likeness (QED) is 0.692. The van der Waals surface area contributed by atoms with Gasteiger partial charge in [-0.1, -0.05) is 15.9 Å². The molecule has 1 aromatic heterocycles. The SMILES string of the molecule is COc1cc(Br)cc(-n2c(=S)[nH]c3ccc(C#N)cc32)c1. The highest BCUT2D eigenvalue weighted by Crippen LogP contribution is 2.27. The van der Waals surface area contributed by atoms with Crippen LogP contribution in [-0.2, 0) is 0 Å². The predicted molar refractivity (Wildman–Crippen MR) is 87.4 cm³/mol. The van der Waals surface area contributed by atoms with Crippen LogP contribution in [0.15, 0.2) is 40.9 Å². The third-order valence-corrected chi connectivity index (χ3v) is 3.90. The summed E-state index contributed by atoms with van der Waals surface area (Å²) in [5, 5.41) is 9.07. The van der Waals surface area contributed by atoms with Gasteiger partial charge in [0.1, 0.15) is 5.75 Å². The number of rotatable bonds is 2. The number of aromatic amines is 1. The highest BCUT2D eigenvalue weighted by atomic mass is 79.9. The summed E-state index contributed by atoms with van der Waals surface area (Å²) in [6.07, 6.45) is 0. The molecular formula is C15H10BrN3OS. The maximum absolute atomic E-state index is 9.07. The molecule has 1 heterocycles. The van der Waals surface area contributed by atoms with E-state index >= 15 is 0 Å². The Hall–Kier alpha value is -2.10. The Morgan fingerprint density at radius 3 is 2.81 bits per heavy atom. The minimum Gasteiger partial charge on any atom is -0.497 e. The van der Waals surface area contributed by atoms with Crippen molar-refractivity contribution in [2.24, 2.45) is 0 Å². The molecule has 0 amide bonds.